The molecule has 0 fully saturated rings. The summed E-state index contributed by atoms with van der Waals surface area (Å²) in [6.45, 7) is 17.7. The van der Waals surface area contributed by atoms with Crippen LogP contribution in [0.5, 0.6) is 5.75 Å². The summed E-state index contributed by atoms with van der Waals surface area (Å²) in [4.78, 5) is 2.52. The van der Waals surface area contributed by atoms with Crippen molar-refractivity contribution in [1.29, 1.82) is 0 Å². The van der Waals surface area contributed by atoms with Gasteiger partial charge in [0.15, 0.2) is 0 Å². The number of likely N-dealkylation sites (N-methyl/N-ethyl adjacent to an activating group) is 1. The minimum absolute atomic E-state index is 0.616. The van der Waals surface area contributed by atoms with Crippen LogP contribution in [0.3, 0.4) is 0 Å². The molecule has 1 aromatic rings. The van der Waals surface area contributed by atoms with Crippen LogP contribution in [0.4, 0.5) is 0 Å². The molecule has 0 saturated heterocycles. The van der Waals surface area contributed by atoms with Gasteiger partial charge in [-0.1, -0.05) is 45.7 Å². The normalized spacial score (nSPS) is 11.4. The molecule has 0 saturated carbocycles. The van der Waals surface area contributed by atoms with Crippen LogP contribution in [-0.2, 0) is 11.3 Å². The zero-order valence-electron chi connectivity index (χ0n) is 18.2. The maximum Gasteiger partial charge on any atom is 0.293 e. The first kappa shape index (κ1) is 24.0. The van der Waals surface area contributed by atoms with E-state index in [1.54, 1.807) is 0 Å². The molecule has 0 heterocycles. The molecule has 1 radical (unpaired) electrons. The summed E-state index contributed by atoms with van der Waals surface area (Å²) in [6, 6.07) is 6.24. The molecule has 1 N–H and O–H groups in total. The predicted octanol–water partition coefficient (Wildman–Crippen LogP) is 4.30. The van der Waals surface area contributed by atoms with E-state index in [1.807, 2.05) is 7.48 Å². The van der Waals surface area contributed by atoms with Crippen LogP contribution >= 0.6 is 0 Å². The molecule has 0 aliphatic heterocycles. The fourth-order valence-corrected chi connectivity index (χ4v) is 2.92. The van der Waals surface area contributed by atoms with Gasteiger partial charge in [0, 0.05) is 19.6 Å². The third-order valence-corrected chi connectivity index (χ3v) is 4.59. The van der Waals surface area contributed by atoms with Crippen LogP contribution in [0.1, 0.15) is 51.7 Å². The zero-order chi connectivity index (χ0) is 19.9. The van der Waals surface area contributed by atoms with Gasteiger partial charge in [0.05, 0.1) is 13.2 Å². The molecule has 0 aliphatic rings. The SMILES string of the molecule is CCCN(CCCOc1cccc(CO[B]CC(C)C)c1C)CCNCC. The quantitative estimate of drug-likeness (QED) is 0.345. The maximum atomic E-state index is 6.07. The third-order valence-electron chi connectivity index (χ3n) is 4.59. The number of nitrogens with zero attached hydrogens (tertiary/aromatic N) is 1. The summed E-state index contributed by atoms with van der Waals surface area (Å²) < 4.78 is 11.8. The Kier molecular flexibility index (Phi) is 13.3. The molecule has 0 aromatic heterocycles. The average molecular weight is 375 g/mol. The highest BCUT2D eigenvalue weighted by Gasteiger charge is 2.07. The average Bonchev–Trinajstić information content (AvgIpc) is 2.64. The van der Waals surface area contributed by atoms with Crippen LogP contribution < -0.4 is 10.1 Å². The molecule has 0 bridgehead atoms. The van der Waals surface area contributed by atoms with Gasteiger partial charge >= 0.3 is 0 Å². The number of rotatable bonds is 16. The van der Waals surface area contributed by atoms with Gasteiger partial charge in [-0.05, 0) is 56.4 Å². The lowest BCUT2D eigenvalue weighted by Gasteiger charge is -2.22. The van der Waals surface area contributed by atoms with E-state index in [9.17, 15) is 0 Å². The highest BCUT2D eigenvalue weighted by Crippen LogP contribution is 2.22. The number of hydrogen-bond acceptors (Lipinski definition) is 4. The second kappa shape index (κ2) is 15.0. The Balaban J connectivity index is 2.37. The van der Waals surface area contributed by atoms with Crippen molar-refractivity contribution < 1.29 is 9.39 Å². The van der Waals surface area contributed by atoms with Crippen LogP contribution in [0, 0.1) is 12.8 Å². The predicted molar refractivity (Wildman–Crippen MR) is 117 cm³/mol. The van der Waals surface area contributed by atoms with E-state index in [1.165, 1.54) is 17.5 Å². The van der Waals surface area contributed by atoms with Crippen molar-refractivity contribution in [2.75, 3.05) is 39.3 Å². The summed E-state index contributed by atoms with van der Waals surface area (Å²) in [6.07, 6.45) is 3.23. The van der Waals surface area contributed by atoms with Crippen LogP contribution in [-0.4, -0.2) is 51.7 Å². The minimum atomic E-state index is 0.616. The van der Waals surface area contributed by atoms with Crippen molar-refractivity contribution in [3.63, 3.8) is 0 Å². The monoisotopic (exact) mass is 375 g/mol. The molecule has 5 heteroatoms. The first-order valence-corrected chi connectivity index (χ1v) is 10.7. The molecule has 4 nitrogen and oxygen atoms in total. The zero-order valence-corrected chi connectivity index (χ0v) is 18.2. The van der Waals surface area contributed by atoms with E-state index in [0.29, 0.717) is 12.5 Å². The van der Waals surface area contributed by atoms with Crippen molar-refractivity contribution in [3.8, 4) is 5.75 Å². The lowest BCUT2D eigenvalue weighted by molar-refractivity contribution is 0.233. The van der Waals surface area contributed by atoms with Gasteiger partial charge < -0.3 is 19.6 Å². The Hall–Kier alpha value is -1.04. The van der Waals surface area contributed by atoms with Gasteiger partial charge in [0.2, 0.25) is 0 Å². The molecular weight excluding hydrogens is 335 g/mol. The molecule has 0 aliphatic carbocycles. The third kappa shape index (κ3) is 10.8. The summed E-state index contributed by atoms with van der Waals surface area (Å²) in [5.41, 5.74) is 2.39. The lowest BCUT2D eigenvalue weighted by atomic mass is 9.87. The molecule has 1 aromatic carbocycles. The summed E-state index contributed by atoms with van der Waals surface area (Å²) in [7, 11) is 1.92. The molecule has 27 heavy (non-hydrogen) atoms. The van der Waals surface area contributed by atoms with E-state index >= 15 is 0 Å². The Morgan fingerprint density at radius 1 is 1.15 bits per heavy atom. The van der Waals surface area contributed by atoms with E-state index in [4.69, 9.17) is 9.39 Å². The Bertz CT molecular complexity index is 497. The van der Waals surface area contributed by atoms with Crippen molar-refractivity contribution in [3.05, 3.63) is 29.3 Å². The first-order chi connectivity index (χ1) is 13.1. The maximum absolute atomic E-state index is 6.07. The van der Waals surface area contributed by atoms with Gasteiger partial charge in [-0.2, -0.15) is 0 Å². The van der Waals surface area contributed by atoms with Crippen molar-refractivity contribution in [2.45, 2.75) is 60.4 Å². The van der Waals surface area contributed by atoms with E-state index in [-0.39, 0.29) is 0 Å². The number of hydrogen-bond donors (Lipinski definition) is 1. The minimum Gasteiger partial charge on any atom is -0.493 e. The summed E-state index contributed by atoms with van der Waals surface area (Å²) in [5, 5.41) is 3.41. The van der Waals surface area contributed by atoms with E-state index in [0.717, 1.165) is 57.8 Å². The molecule has 153 valence electrons. The van der Waals surface area contributed by atoms with Crippen LogP contribution in [0.25, 0.3) is 0 Å². The van der Waals surface area contributed by atoms with E-state index in [2.05, 4.69) is 63.0 Å². The second-order valence-electron chi connectivity index (χ2n) is 7.54. The first-order valence-electron chi connectivity index (χ1n) is 10.7. The van der Waals surface area contributed by atoms with Crippen LogP contribution in [0.2, 0.25) is 6.32 Å². The highest BCUT2D eigenvalue weighted by molar-refractivity contribution is 6.27. The topological polar surface area (TPSA) is 33.7 Å². The molecule has 0 atom stereocenters. The molecule has 0 spiro atoms. The number of benzene rings is 1. The summed E-state index contributed by atoms with van der Waals surface area (Å²) >= 11 is 0. The Morgan fingerprint density at radius 3 is 2.67 bits per heavy atom. The lowest BCUT2D eigenvalue weighted by Crippen LogP contribution is -2.34. The fourth-order valence-electron chi connectivity index (χ4n) is 2.92. The Labute approximate surface area is 168 Å². The van der Waals surface area contributed by atoms with E-state index < -0.39 is 0 Å². The smallest absolute Gasteiger partial charge is 0.293 e. The van der Waals surface area contributed by atoms with Gasteiger partial charge in [-0.3, -0.25) is 0 Å². The van der Waals surface area contributed by atoms with Crippen molar-refractivity contribution in [1.82, 2.24) is 10.2 Å². The summed E-state index contributed by atoms with van der Waals surface area (Å²) in [5.74, 6) is 1.61. The highest BCUT2D eigenvalue weighted by atomic mass is 16.5. The van der Waals surface area contributed by atoms with Crippen molar-refractivity contribution >= 4 is 7.48 Å². The Morgan fingerprint density at radius 2 is 1.96 bits per heavy atom. The number of ether oxygens (including phenoxy) is 1. The van der Waals surface area contributed by atoms with Gasteiger partial charge in [-0.15, -0.1) is 0 Å². The largest absolute Gasteiger partial charge is 0.493 e. The van der Waals surface area contributed by atoms with Gasteiger partial charge in [0.25, 0.3) is 7.48 Å². The van der Waals surface area contributed by atoms with Gasteiger partial charge in [0.1, 0.15) is 5.75 Å². The molecule has 0 amide bonds. The molecule has 0 unspecified atom stereocenters. The standard InChI is InChI=1S/C22H40BN2O2/c1-6-13-25(15-12-24-7-2)14-9-16-26-22-11-8-10-21(20(22)5)18-27-23-17-19(3)4/h8,10-11,19,24H,6-7,9,12-18H2,1-5H3. The molecular formula is C22H40BN2O2. The number of nitrogens with one attached hydrogen (secondary N) is 1. The van der Waals surface area contributed by atoms with Crippen molar-refractivity contribution in [2.24, 2.45) is 5.92 Å². The van der Waals surface area contributed by atoms with Gasteiger partial charge in [-0.25, -0.2) is 0 Å². The second-order valence-corrected chi connectivity index (χ2v) is 7.54. The molecule has 1 rings (SSSR count). The van der Waals surface area contributed by atoms with Crippen LogP contribution in [0.15, 0.2) is 18.2 Å². The fraction of sp³-hybridized carbons (Fsp3) is 0.727.